The Hall–Kier alpha value is -1.47. The van der Waals surface area contributed by atoms with Crippen LogP contribution in [0.25, 0.3) is 0 Å². The quantitative estimate of drug-likeness (QED) is 0.0377. The van der Waals surface area contributed by atoms with Crippen LogP contribution in [0.4, 0.5) is 0 Å². The Labute approximate surface area is 249 Å². The SMILES string of the molecule is CC/C=C\CCCCCCCC(=O)OC[C@H](COP(=O)(O)O)OC(=O)CCCCCCC/C=C/CCCCCCC. The zero-order chi connectivity index (χ0) is 30.4. The molecule has 0 spiro atoms. The molecule has 41 heavy (non-hydrogen) atoms. The summed E-state index contributed by atoms with van der Waals surface area (Å²) in [4.78, 5) is 42.4. The van der Waals surface area contributed by atoms with E-state index in [0.717, 1.165) is 70.6 Å². The molecule has 240 valence electrons. The minimum Gasteiger partial charge on any atom is -0.462 e. The van der Waals surface area contributed by atoms with Gasteiger partial charge in [0.2, 0.25) is 0 Å². The Morgan fingerprint density at radius 3 is 1.61 bits per heavy atom. The molecule has 0 fully saturated rings. The number of carbonyl (C=O) groups excluding carboxylic acids is 2. The van der Waals surface area contributed by atoms with Gasteiger partial charge in [0.15, 0.2) is 6.10 Å². The molecule has 1 atom stereocenters. The Balaban J connectivity index is 4.04. The molecule has 0 unspecified atom stereocenters. The molecule has 9 heteroatoms. The van der Waals surface area contributed by atoms with Crippen LogP contribution in [-0.4, -0.2) is 41.0 Å². The molecule has 0 heterocycles. The van der Waals surface area contributed by atoms with Crippen LogP contribution in [-0.2, 0) is 28.2 Å². The van der Waals surface area contributed by atoms with Crippen LogP contribution in [0.15, 0.2) is 24.3 Å². The zero-order valence-corrected chi connectivity index (χ0v) is 26.8. The van der Waals surface area contributed by atoms with E-state index in [0.29, 0.717) is 12.8 Å². The molecule has 0 aromatic rings. The number of hydrogen-bond donors (Lipinski definition) is 2. The van der Waals surface area contributed by atoms with Crippen molar-refractivity contribution in [2.75, 3.05) is 13.2 Å². The maximum atomic E-state index is 12.3. The molecule has 2 N–H and O–H groups in total. The van der Waals surface area contributed by atoms with E-state index in [1.54, 1.807) is 0 Å². The number of hydrogen-bond acceptors (Lipinski definition) is 6. The first-order valence-corrected chi connectivity index (χ1v) is 17.7. The highest BCUT2D eigenvalue weighted by atomic mass is 31.2. The summed E-state index contributed by atoms with van der Waals surface area (Å²) >= 11 is 0. The Kier molecular flexibility index (Phi) is 27.6. The fourth-order valence-electron chi connectivity index (χ4n) is 4.31. The van der Waals surface area contributed by atoms with Crippen molar-refractivity contribution in [1.29, 1.82) is 0 Å². The van der Waals surface area contributed by atoms with Crippen molar-refractivity contribution in [2.24, 2.45) is 0 Å². The van der Waals surface area contributed by atoms with Crippen molar-refractivity contribution in [3.63, 3.8) is 0 Å². The van der Waals surface area contributed by atoms with Gasteiger partial charge in [-0.3, -0.25) is 14.1 Å². The lowest BCUT2D eigenvalue weighted by molar-refractivity contribution is -0.161. The van der Waals surface area contributed by atoms with Gasteiger partial charge in [-0.2, -0.15) is 0 Å². The smallest absolute Gasteiger partial charge is 0.462 e. The van der Waals surface area contributed by atoms with E-state index in [-0.39, 0.29) is 19.4 Å². The van der Waals surface area contributed by atoms with E-state index in [1.807, 2.05) is 0 Å². The van der Waals surface area contributed by atoms with Crippen molar-refractivity contribution in [3.8, 4) is 0 Å². The topological polar surface area (TPSA) is 119 Å². The molecule has 0 amide bonds. The first kappa shape index (κ1) is 39.5. The molecule has 0 aromatic carbocycles. The second kappa shape index (κ2) is 28.6. The number of unbranched alkanes of at least 4 members (excludes halogenated alkanes) is 15. The standard InChI is InChI=1S/C32H59O8P/c1-3-5-7-9-11-13-14-15-16-17-19-21-23-25-27-32(34)40-30(29-39-41(35,36)37)28-38-31(33)26-24-22-20-18-12-10-8-6-4-2/h6,8,14-15,30H,3-5,7,9-13,16-29H2,1-2H3,(H2,35,36,37)/b8-6-,15-14+/t30-/m1/s1. The molecule has 0 aliphatic heterocycles. The predicted octanol–water partition coefficient (Wildman–Crippen LogP) is 8.90. The molecule has 0 rings (SSSR count). The maximum Gasteiger partial charge on any atom is 0.469 e. The van der Waals surface area contributed by atoms with Gasteiger partial charge in [0.05, 0.1) is 6.61 Å². The second-order valence-corrected chi connectivity index (χ2v) is 12.0. The highest BCUT2D eigenvalue weighted by Crippen LogP contribution is 2.35. The molecular formula is C32H59O8P. The number of phosphoric acid groups is 1. The average molecular weight is 603 g/mol. The lowest BCUT2D eigenvalue weighted by Crippen LogP contribution is -2.29. The molecule has 0 aliphatic rings. The number of phosphoric ester groups is 1. The summed E-state index contributed by atoms with van der Waals surface area (Å²) < 4.78 is 26.1. The molecule has 0 saturated carbocycles. The highest BCUT2D eigenvalue weighted by molar-refractivity contribution is 7.46. The van der Waals surface area contributed by atoms with Crippen LogP contribution in [0.5, 0.6) is 0 Å². The van der Waals surface area contributed by atoms with Crippen molar-refractivity contribution in [3.05, 3.63) is 24.3 Å². The van der Waals surface area contributed by atoms with Crippen molar-refractivity contribution < 1.29 is 37.9 Å². The third kappa shape index (κ3) is 31.3. The van der Waals surface area contributed by atoms with Crippen LogP contribution >= 0.6 is 7.82 Å². The number of ether oxygens (including phenoxy) is 2. The monoisotopic (exact) mass is 602 g/mol. The lowest BCUT2D eigenvalue weighted by Gasteiger charge is -2.18. The highest BCUT2D eigenvalue weighted by Gasteiger charge is 2.22. The molecule has 0 aromatic heterocycles. The van der Waals surface area contributed by atoms with Crippen LogP contribution in [0.2, 0.25) is 0 Å². The first-order valence-electron chi connectivity index (χ1n) is 16.1. The van der Waals surface area contributed by atoms with E-state index >= 15 is 0 Å². The molecule has 8 nitrogen and oxygen atoms in total. The van der Waals surface area contributed by atoms with Crippen molar-refractivity contribution in [1.82, 2.24) is 0 Å². The molecule has 0 aliphatic carbocycles. The van der Waals surface area contributed by atoms with Gasteiger partial charge in [-0.1, -0.05) is 102 Å². The van der Waals surface area contributed by atoms with Gasteiger partial charge >= 0.3 is 19.8 Å². The summed E-state index contributed by atoms with van der Waals surface area (Å²) in [6.07, 6.45) is 29.1. The largest absolute Gasteiger partial charge is 0.469 e. The second-order valence-electron chi connectivity index (χ2n) is 10.7. The van der Waals surface area contributed by atoms with Gasteiger partial charge < -0.3 is 19.3 Å². The minimum atomic E-state index is -4.74. The van der Waals surface area contributed by atoms with E-state index in [4.69, 9.17) is 19.3 Å². The number of rotatable bonds is 29. The minimum absolute atomic E-state index is 0.201. The predicted molar refractivity (Wildman–Crippen MR) is 165 cm³/mol. The zero-order valence-electron chi connectivity index (χ0n) is 25.9. The fraction of sp³-hybridized carbons (Fsp3) is 0.812. The van der Waals surface area contributed by atoms with Gasteiger partial charge in [-0.05, 0) is 57.8 Å². The Bertz CT molecular complexity index is 731. The molecule has 0 bridgehead atoms. The fourth-order valence-corrected chi connectivity index (χ4v) is 4.67. The van der Waals surface area contributed by atoms with Gasteiger partial charge in [-0.15, -0.1) is 0 Å². The van der Waals surface area contributed by atoms with Crippen LogP contribution in [0.3, 0.4) is 0 Å². The molecule has 0 radical (unpaired) electrons. The third-order valence-corrected chi connectivity index (χ3v) is 7.19. The Morgan fingerprint density at radius 2 is 1.10 bits per heavy atom. The van der Waals surface area contributed by atoms with Crippen LogP contribution < -0.4 is 0 Å². The number of esters is 2. The summed E-state index contributed by atoms with van der Waals surface area (Å²) in [6, 6.07) is 0. The summed E-state index contributed by atoms with van der Waals surface area (Å²) in [5.74, 6) is -0.911. The van der Waals surface area contributed by atoms with Crippen molar-refractivity contribution >= 4 is 19.8 Å². The molecule has 0 saturated heterocycles. The summed E-state index contributed by atoms with van der Waals surface area (Å²) in [5, 5.41) is 0. The number of carbonyl (C=O) groups is 2. The van der Waals surface area contributed by atoms with E-state index in [1.165, 1.54) is 38.5 Å². The summed E-state index contributed by atoms with van der Waals surface area (Å²) in [7, 11) is -4.74. The summed E-state index contributed by atoms with van der Waals surface area (Å²) in [6.45, 7) is 3.52. The third-order valence-electron chi connectivity index (χ3n) is 6.70. The van der Waals surface area contributed by atoms with Gasteiger partial charge in [0.1, 0.15) is 6.61 Å². The van der Waals surface area contributed by atoms with E-state index in [2.05, 4.69) is 42.7 Å². The first-order chi connectivity index (χ1) is 19.8. The van der Waals surface area contributed by atoms with Gasteiger partial charge in [-0.25, -0.2) is 4.57 Å². The number of allylic oxidation sites excluding steroid dienone is 4. The Morgan fingerprint density at radius 1 is 0.634 bits per heavy atom. The average Bonchev–Trinajstić information content (AvgIpc) is 2.93. The normalized spacial score (nSPS) is 12.8. The summed E-state index contributed by atoms with van der Waals surface area (Å²) in [5.41, 5.74) is 0. The lowest BCUT2D eigenvalue weighted by atomic mass is 10.1. The van der Waals surface area contributed by atoms with Gasteiger partial charge in [0, 0.05) is 12.8 Å². The maximum absolute atomic E-state index is 12.3. The van der Waals surface area contributed by atoms with Crippen LogP contribution in [0, 0.1) is 0 Å². The molecular weight excluding hydrogens is 543 g/mol. The van der Waals surface area contributed by atoms with Crippen LogP contribution in [0.1, 0.15) is 149 Å². The van der Waals surface area contributed by atoms with Crippen molar-refractivity contribution in [2.45, 2.75) is 155 Å². The van der Waals surface area contributed by atoms with E-state index < -0.39 is 32.5 Å². The van der Waals surface area contributed by atoms with E-state index in [9.17, 15) is 14.2 Å². The van der Waals surface area contributed by atoms with Gasteiger partial charge in [0.25, 0.3) is 0 Å².